The fraction of sp³-hybridized carbons (Fsp3) is 0.235. The van der Waals surface area contributed by atoms with Crippen molar-refractivity contribution in [3.63, 3.8) is 0 Å². The fourth-order valence-electron chi connectivity index (χ4n) is 2.26. The van der Waals surface area contributed by atoms with Gasteiger partial charge in [0.1, 0.15) is 5.75 Å². The molecule has 2 aromatic rings. The van der Waals surface area contributed by atoms with E-state index in [1.807, 2.05) is 0 Å². The molecule has 0 N–H and O–H groups in total. The molecule has 5 nitrogen and oxygen atoms in total. The van der Waals surface area contributed by atoms with Gasteiger partial charge in [0.2, 0.25) is 11.5 Å². The number of benzene rings is 2. The molecule has 0 radical (unpaired) electrons. The van der Waals surface area contributed by atoms with Crippen molar-refractivity contribution in [3.05, 3.63) is 47.5 Å². The summed E-state index contributed by atoms with van der Waals surface area (Å²) in [6.07, 6.45) is 0. The zero-order chi connectivity index (χ0) is 16.1. The summed E-state index contributed by atoms with van der Waals surface area (Å²) in [6, 6.07) is 10.3. The average molecular weight is 302 g/mol. The molecule has 22 heavy (non-hydrogen) atoms. The first-order chi connectivity index (χ1) is 10.7. The Hall–Kier alpha value is -2.69. The van der Waals surface area contributed by atoms with Crippen LogP contribution in [0.5, 0.6) is 23.0 Å². The van der Waals surface area contributed by atoms with Crippen LogP contribution in [-0.2, 0) is 0 Å². The third kappa shape index (κ3) is 2.70. The van der Waals surface area contributed by atoms with Gasteiger partial charge in [-0.25, -0.2) is 0 Å². The first kappa shape index (κ1) is 15.7. The third-order valence-electron chi connectivity index (χ3n) is 3.30. The summed E-state index contributed by atoms with van der Waals surface area (Å²) in [5, 5.41) is 0. The highest BCUT2D eigenvalue weighted by Gasteiger charge is 2.23. The number of methoxy groups -OCH3 is 4. The topological polar surface area (TPSA) is 54.0 Å². The molecule has 2 aromatic carbocycles. The molecular formula is C17H18O5. The van der Waals surface area contributed by atoms with E-state index in [1.165, 1.54) is 28.4 Å². The summed E-state index contributed by atoms with van der Waals surface area (Å²) in [4.78, 5) is 12.8. The molecule has 116 valence electrons. The van der Waals surface area contributed by atoms with E-state index < -0.39 is 0 Å². The van der Waals surface area contributed by atoms with Crippen molar-refractivity contribution >= 4 is 5.78 Å². The lowest BCUT2D eigenvalue weighted by atomic mass is 10.0. The monoisotopic (exact) mass is 302 g/mol. The van der Waals surface area contributed by atoms with Gasteiger partial charge in [0.05, 0.1) is 39.6 Å². The van der Waals surface area contributed by atoms with Crippen molar-refractivity contribution in [1.29, 1.82) is 0 Å². The molecular weight excluding hydrogens is 284 g/mol. The maximum Gasteiger partial charge on any atom is 0.204 e. The molecule has 0 saturated heterocycles. The highest BCUT2D eigenvalue weighted by Crippen LogP contribution is 2.41. The number of ether oxygens (including phenoxy) is 4. The molecule has 0 atom stereocenters. The van der Waals surface area contributed by atoms with E-state index in [2.05, 4.69) is 0 Å². The van der Waals surface area contributed by atoms with E-state index in [1.54, 1.807) is 36.4 Å². The Morgan fingerprint density at radius 2 is 1.32 bits per heavy atom. The van der Waals surface area contributed by atoms with Crippen molar-refractivity contribution in [2.24, 2.45) is 0 Å². The van der Waals surface area contributed by atoms with E-state index in [9.17, 15) is 4.79 Å². The lowest BCUT2D eigenvalue weighted by Crippen LogP contribution is -2.07. The zero-order valence-electron chi connectivity index (χ0n) is 13.0. The summed E-state index contributed by atoms with van der Waals surface area (Å²) in [5.41, 5.74) is 0.833. The molecule has 0 fully saturated rings. The Labute approximate surface area is 129 Å². The maximum absolute atomic E-state index is 12.8. The van der Waals surface area contributed by atoms with Gasteiger partial charge in [-0.3, -0.25) is 4.79 Å². The Kier molecular flexibility index (Phi) is 4.88. The lowest BCUT2D eigenvalue weighted by Gasteiger charge is -2.15. The fourth-order valence-corrected chi connectivity index (χ4v) is 2.26. The van der Waals surface area contributed by atoms with Gasteiger partial charge in [0, 0.05) is 0 Å². The number of ketones is 1. The molecule has 0 unspecified atom stereocenters. The minimum Gasteiger partial charge on any atom is -0.496 e. The quantitative estimate of drug-likeness (QED) is 0.768. The van der Waals surface area contributed by atoms with Crippen LogP contribution >= 0.6 is 0 Å². The highest BCUT2D eigenvalue weighted by atomic mass is 16.5. The molecule has 0 aliphatic rings. The normalized spacial score (nSPS) is 10.0. The van der Waals surface area contributed by atoms with Crippen LogP contribution in [0.2, 0.25) is 0 Å². The predicted octanol–water partition coefficient (Wildman–Crippen LogP) is 2.95. The summed E-state index contributed by atoms with van der Waals surface area (Å²) in [7, 11) is 6.03. The number of para-hydroxylation sites is 1. The van der Waals surface area contributed by atoms with Crippen molar-refractivity contribution in [1.82, 2.24) is 0 Å². The standard InChI is InChI=1S/C17H18O5/c1-19-13-8-6-5-7-11(13)15(18)12-9-10-14(20-2)17(22-4)16(12)21-3/h5-10H,1-4H3. The van der Waals surface area contributed by atoms with Crippen LogP contribution in [0, 0.1) is 0 Å². The molecule has 0 amide bonds. The number of hydrogen-bond acceptors (Lipinski definition) is 5. The Bertz CT molecular complexity index is 679. The largest absolute Gasteiger partial charge is 0.496 e. The second-order valence-corrected chi connectivity index (χ2v) is 4.41. The molecule has 5 heteroatoms. The third-order valence-corrected chi connectivity index (χ3v) is 3.30. The highest BCUT2D eigenvalue weighted by molar-refractivity contribution is 6.13. The zero-order valence-corrected chi connectivity index (χ0v) is 13.0. The van der Waals surface area contributed by atoms with Crippen LogP contribution in [-0.4, -0.2) is 34.2 Å². The van der Waals surface area contributed by atoms with Gasteiger partial charge in [-0.1, -0.05) is 12.1 Å². The minimum atomic E-state index is -0.213. The average Bonchev–Trinajstić information content (AvgIpc) is 2.59. The second kappa shape index (κ2) is 6.85. The molecule has 0 spiro atoms. The predicted molar refractivity (Wildman–Crippen MR) is 82.5 cm³/mol. The number of carbonyl (C=O) groups excluding carboxylic acids is 1. The smallest absolute Gasteiger partial charge is 0.204 e. The molecule has 0 saturated carbocycles. The first-order valence-electron chi connectivity index (χ1n) is 6.64. The number of hydrogen-bond donors (Lipinski definition) is 0. The van der Waals surface area contributed by atoms with E-state index in [4.69, 9.17) is 18.9 Å². The molecule has 0 heterocycles. The van der Waals surface area contributed by atoms with Gasteiger partial charge in [-0.2, -0.15) is 0 Å². The van der Waals surface area contributed by atoms with E-state index in [0.29, 0.717) is 34.1 Å². The molecule has 0 aliphatic carbocycles. The molecule has 0 bridgehead atoms. The van der Waals surface area contributed by atoms with E-state index in [-0.39, 0.29) is 5.78 Å². The van der Waals surface area contributed by atoms with Crippen molar-refractivity contribution in [3.8, 4) is 23.0 Å². The summed E-state index contributed by atoms with van der Waals surface area (Å²) in [5.74, 6) is 1.50. The Morgan fingerprint density at radius 3 is 1.91 bits per heavy atom. The first-order valence-corrected chi connectivity index (χ1v) is 6.64. The summed E-state index contributed by atoms with van der Waals surface area (Å²) >= 11 is 0. The Balaban J connectivity index is 2.59. The Morgan fingerprint density at radius 1 is 0.682 bits per heavy atom. The summed E-state index contributed by atoms with van der Waals surface area (Å²) < 4.78 is 21.1. The van der Waals surface area contributed by atoms with Crippen LogP contribution in [0.3, 0.4) is 0 Å². The number of carbonyl (C=O) groups is 1. The second-order valence-electron chi connectivity index (χ2n) is 4.41. The molecule has 0 aromatic heterocycles. The van der Waals surface area contributed by atoms with Crippen molar-refractivity contribution < 1.29 is 23.7 Å². The van der Waals surface area contributed by atoms with Crippen LogP contribution in [0.4, 0.5) is 0 Å². The minimum absolute atomic E-state index is 0.213. The van der Waals surface area contributed by atoms with Crippen molar-refractivity contribution in [2.75, 3.05) is 28.4 Å². The van der Waals surface area contributed by atoms with Crippen LogP contribution in [0.15, 0.2) is 36.4 Å². The SMILES string of the molecule is COc1ccccc1C(=O)c1ccc(OC)c(OC)c1OC. The van der Waals surface area contributed by atoms with E-state index in [0.717, 1.165) is 0 Å². The van der Waals surface area contributed by atoms with Gasteiger partial charge in [0.25, 0.3) is 0 Å². The van der Waals surface area contributed by atoms with Gasteiger partial charge >= 0.3 is 0 Å². The van der Waals surface area contributed by atoms with Gasteiger partial charge in [-0.15, -0.1) is 0 Å². The van der Waals surface area contributed by atoms with E-state index >= 15 is 0 Å². The van der Waals surface area contributed by atoms with Crippen molar-refractivity contribution in [2.45, 2.75) is 0 Å². The van der Waals surface area contributed by atoms with Gasteiger partial charge in [-0.05, 0) is 24.3 Å². The van der Waals surface area contributed by atoms with Gasteiger partial charge in [0.15, 0.2) is 11.5 Å². The van der Waals surface area contributed by atoms with Crippen LogP contribution in [0.25, 0.3) is 0 Å². The van der Waals surface area contributed by atoms with Crippen LogP contribution in [0.1, 0.15) is 15.9 Å². The lowest BCUT2D eigenvalue weighted by molar-refractivity contribution is 0.103. The van der Waals surface area contributed by atoms with Gasteiger partial charge < -0.3 is 18.9 Å². The maximum atomic E-state index is 12.8. The summed E-state index contributed by atoms with van der Waals surface area (Å²) in [6.45, 7) is 0. The molecule has 0 aliphatic heterocycles. The number of rotatable bonds is 6. The molecule has 2 rings (SSSR count). The van der Waals surface area contributed by atoms with Crippen LogP contribution < -0.4 is 18.9 Å².